The van der Waals surface area contributed by atoms with Crippen molar-refractivity contribution < 1.29 is 4.79 Å². The number of rotatable bonds is 6. The van der Waals surface area contributed by atoms with Gasteiger partial charge in [0, 0.05) is 24.0 Å². The molecule has 3 aromatic rings. The minimum atomic E-state index is -0.0586. The first-order valence-electron chi connectivity index (χ1n) is 7.83. The average Bonchev–Trinajstić information content (AvgIpc) is 3.25. The minimum Gasteiger partial charge on any atom is -0.351 e. The van der Waals surface area contributed by atoms with E-state index in [1.165, 1.54) is 11.3 Å². The Morgan fingerprint density at radius 2 is 1.96 bits per heavy atom. The summed E-state index contributed by atoms with van der Waals surface area (Å²) in [5, 5.41) is 4.52. The first kappa shape index (κ1) is 16.7. The zero-order valence-corrected chi connectivity index (χ0v) is 14.9. The predicted octanol–water partition coefficient (Wildman–Crippen LogP) is 4.12. The van der Waals surface area contributed by atoms with E-state index in [4.69, 9.17) is 11.6 Å². The van der Waals surface area contributed by atoms with Crippen molar-refractivity contribution in [3.05, 3.63) is 69.9 Å². The van der Waals surface area contributed by atoms with E-state index >= 15 is 0 Å². The molecule has 124 valence electrons. The van der Waals surface area contributed by atoms with E-state index < -0.39 is 0 Å². The van der Waals surface area contributed by atoms with Crippen molar-refractivity contribution in [2.45, 2.75) is 19.8 Å². The van der Waals surface area contributed by atoms with Crippen LogP contribution in [0, 0.1) is 0 Å². The number of amides is 1. The number of carbonyl (C=O) groups excluding carboxylic acids is 1. The highest BCUT2D eigenvalue weighted by molar-refractivity contribution is 7.16. The molecule has 2 heterocycles. The maximum Gasteiger partial charge on any atom is 0.263 e. The van der Waals surface area contributed by atoms with Crippen LogP contribution in [0.25, 0.3) is 5.13 Å². The Bertz CT molecular complexity index is 809. The summed E-state index contributed by atoms with van der Waals surface area (Å²) < 4.78 is 1.92. The van der Waals surface area contributed by atoms with Gasteiger partial charge in [0.05, 0.1) is 5.69 Å². The Labute approximate surface area is 150 Å². The Kier molecular flexibility index (Phi) is 5.33. The minimum absolute atomic E-state index is 0.0586. The molecule has 0 aliphatic rings. The fraction of sp³-hybridized carbons (Fsp3) is 0.222. The van der Waals surface area contributed by atoms with Crippen molar-refractivity contribution in [3.63, 3.8) is 0 Å². The van der Waals surface area contributed by atoms with Gasteiger partial charge in [-0.05, 0) is 42.7 Å². The molecule has 0 atom stereocenters. The molecule has 0 bridgehead atoms. The van der Waals surface area contributed by atoms with Crippen LogP contribution in [-0.2, 0) is 12.8 Å². The van der Waals surface area contributed by atoms with E-state index in [0.717, 1.165) is 34.3 Å². The Morgan fingerprint density at radius 3 is 2.62 bits per heavy atom. The summed E-state index contributed by atoms with van der Waals surface area (Å²) in [6.45, 7) is 2.60. The maximum atomic E-state index is 12.5. The number of benzene rings is 1. The number of halogens is 1. The lowest BCUT2D eigenvalue weighted by Gasteiger charge is -2.05. The van der Waals surface area contributed by atoms with Crippen molar-refractivity contribution >= 4 is 28.8 Å². The van der Waals surface area contributed by atoms with Gasteiger partial charge in [-0.15, -0.1) is 0 Å². The molecule has 1 aromatic carbocycles. The van der Waals surface area contributed by atoms with Gasteiger partial charge in [0.15, 0.2) is 5.13 Å². The highest BCUT2D eigenvalue weighted by atomic mass is 35.5. The van der Waals surface area contributed by atoms with Crippen molar-refractivity contribution in [2.24, 2.45) is 0 Å². The number of carbonyl (C=O) groups is 1. The summed E-state index contributed by atoms with van der Waals surface area (Å²) in [6, 6.07) is 11.6. The van der Waals surface area contributed by atoms with Crippen LogP contribution < -0.4 is 5.32 Å². The largest absolute Gasteiger partial charge is 0.351 e. The van der Waals surface area contributed by atoms with E-state index in [2.05, 4.69) is 10.3 Å². The quantitative estimate of drug-likeness (QED) is 0.719. The van der Waals surface area contributed by atoms with Crippen LogP contribution in [0.15, 0.2) is 48.8 Å². The van der Waals surface area contributed by atoms with Gasteiger partial charge in [0.25, 0.3) is 5.91 Å². The number of hydrogen-bond donors (Lipinski definition) is 1. The molecule has 1 N–H and O–H groups in total. The molecule has 0 saturated carbocycles. The molecule has 0 radical (unpaired) electrons. The number of hydrogen-bond acceptors (Lipinski definition) is 3. The average molecular weight is 360 g/mol. The number of nitrogens with zero attached hydrogens (tertiary/aromatic N) is 2. The van der Waals surface area contributed by atoms with Gasteiger partial charge in [-0.25, -0.2) is 4.98 Å². The summed E-state index contributed by atoms with van der Waals surface area (Å²) in [5.41, 5.74) is 1.99. The third kappa shape index (κ3) is 3.86. The van der Waals surface area contributed by atoms with Crippen LogP contribution in [0.3, 0.4) is 0 Å². The number of nitrogens with one attached hydrogen (secondary N) is 1. The summed E-state index contributed by atoms with van der Waals surface area (Å²) in [5.74, 6) is -0.0586. The summed E-state index contributed by atoms with van der Waals surface area (Å²) in [6.07, 6.45) is 5.37. The third-order valence-electron chi connectivity index (χ3n) is 3.66. The van der Waals surface area contributed by atoms with Crippen molar-refractivity contribution in [3.8, 4) is 5.13 Å². The Morgan fingerprint density at radius 1 is 1.25 bits per heavy atom. The SMILES string of the molecule is CCc1nc(-n2cccc2)sc1C(=O)NCCc1ccc(Cl)cc1. The lowest BCUT2D eigenvalue weighted by atomic mass is 10.1. The highest BCUT2D eigenvalue weighted by Crippen LogP contribution is 2.22. The maximum absolute atomic E-state index is 12.5. The molecule has 0 unspecified atom stereocenters. The first-order valence-corrected chi connectivity index (χ1v) is 9.02. The van der Waals surface area contributed by atoms with E-state index in [0.29, 0.717) is 11.4 Å². The number of aromatic nitrogens is 2. The van der Waals surface area contributed by atoms with Gasteiger partial charge in [0.2, 0.25) is 0 Å². The predicted molar refractivity (Wildman–Crippen MR) is 98.3 cm³/mol. The van der Waals surface area contributed by atoms with Crippen molar-refractivity contribution in [2.75, 3.05) is 6.54 Å². The van der Waals surface area contributed by atoms with Gasteiger partial charge < -0.3 is 9.88 Å². The van der Waals surface area contributed by atoms with Crippen LogP contribution in [0.5, 0.6) is 0 Å². The van der Waals surface area contributed by atoms with E-state index in [1.807, 2.05) is 60.3 Å². The first-order chi connectivity index (χ1) is 11.7. The van der Waals surface area contributed by atoms with Crippen LogP contribution in [0.2, 0.25) is 5.02 Å². The van der Waals surface area contributed by atoms with Gasteiger partial charge >= 0.3 is 0 Å². The molecule has 6 heteroatoms. The second kappa shape index (κ2) is 7.64. The molecular weight excluding hydrogens is 342 g/mol. The Balaban J connectivity index is 1.65. The topological polar surface area (TPSA) is 46.9 Å². The standard InChI is InChI=1S/C18H18ClN3OS/c1-2-15-16(24-18(21-15)22-11-3-4-12-22)17(23)20-10-9-13-5-7-14(19)8-6-13/h3-8,11-12H,2,9-10H2,1H3,(H,20,23). The highest BCUT2D eigenvalue weighted by Gasteiger charge is 2.17. The fourth-order valence-corrected chi connectivity index (χ4v) is 3.54. The molecule has 24 heavy (non-hydrogen) atoms. The monoisotopic (exact) mass is 359 g/mol. The lowest BCUT2D eigenvalue weighted by Crippen LogP contribution is -2.25. The molecule has 1 amide bonds. The second-order valence-electron chi connectivity index (χ2n) is 5.35. The number of thiazole rings is 1. The van der Waals surface area contributed by atoms with Gasteiger partial charge in [0.1, 0.15) is 4.88 Å². The molecule has 0 fully saturated rings. The van der Waals surface area contributed by atoms with Gasteiger partial charge in [-0.1, -0.05) is 42.0 Å². The molecule has 4 nitrogen and oxygen atoms in total. The number of aryl methyl sites for hydroxylation is 1. The molecule has 0 aliphatic carbocycles. The molecule has 2 aromatic heterocycles. The van der Waals surface area contributed by atoms with Gasteiger partial charge in [-0.3, -0.25) is 4.79 Å². The van der Waals surface area contributed by atoms with Crippen molar-refractivity contribution in [1.29, 1.82) is 0 Å². The van der Waals surface area contributed by atoms with E-state index in [1.54, 1.807) is 0 Å². The zero-order valence-electron chi connectivity index (χ0n) is 13.3. The van der Waals surface area contributed by atoms with Crippen LogP contribution in [-0.4, -0.2) is 22.0 Å². The molecule has 0 aliphatic heterocycles. The second-order valence-corrected chi connectivity index (χ2v) is 6.76. The van der Waals surface area contributed by atoms with Gasteiger partial charge in [-0.2, -0.15) is 0 Å². The molecule has 0 spiro atoms. The lowest BCUT2D eigenvalue weighted by molar-refractivity contribution is 0.0957. The normalized spacial score (nSPS) is 10.8. The third-order valence-corrected chi connectivity index (χ3v) is 5.03. The van der Waals surface area contributed by atoms with Crippen LogP contribution in [0.4, 0.5) is 0 Å². The molecular formula is C18H18ClN3OS. The van der Waals surface area contributed by atoms with Crippen LogP contribution >= 0.6 is 22.9 Å². The van der Waals surface area contributed by atoms with E-state index in [-0.39, 0.29) is 5.91 Å². The van der Waals surface area contributed by atoms with Crippen LogP contribution in [0.1, 0.15) is 27.9 Å². The summed E-state index contributed by atoms with van der Waals surface area (Å²) in [4.78, 5) is 17.7. The Hall–Kier alpha value is -2.11. The molecule has 3 rings (SSSR count). The van der Waals surface area contributed by atoms with E-state index in [9.17, 15) is 4.79 Å². The fourth-order valence-electron chi connectivity index (χ4n) is 2.38. The summed E-state index contributed by atoms with van der Waals surface area (Å²) >= 11 is 7.30. The summed E-state index contributed by atoms with van der Waals surface area (Å²) in [7, 11) is 0. The van der Waals surface area contributed by atoms with Crippen molar-refractivity contribution in [1.82, 2.24) is 14.9 Å². The molecule has 0 saturated heterocycles. The zero-order chi connectivity index (χ0) is 16.9. The smallest absolute Gasteiger partial charge is 0.263 e.